The van der Waals surface area contributed by atoms with Gasteiger partial charge in [-0.2, -0.15) is 0 Å². The zero-order valence-electron chi connectivity index (χ0n) is 9.78. The Kier molecular flexibility index (Phi) is 3.81. The summed E-state index contributed by atoms with van der Waals surface area (Å²) in [5, 5.41) is 3.05. The monoisotopic (exact) mass is 254 g/mol. The number of benzene rings is 1. The molecule has 94 valence electrons. The molecular weight excluding hydrogens is 236 g/mol. The maximum Gasteiger partial charge on any atom is 0.178 e. The number of hydrogen-bond donors (Lipinski definition) is 2. The van der Waals surface area contributed by atoms with Crippen LogP contribution in [0.25, 0.3) is 0 Å². The van der Waals surface area contributed by atoms with Crippen molar-refractivity contribution in [3.63, 3.8) is 0 Å². The SMILES string of the molecule is NCNCCc1ccc2c(c1)CCCS2(=O)=O. The van der Waals surface area contributed by atoms with E-state index in [1.165, 1.54) is 5.56 Å². The second-order valence-corrected chi connectivity index (χ2v) is 6.40. The summed E-state index contributed by atoms with van der Waals surface area (Å²) in [6.45, 7) is 1.29. The van der Waals surface area contributed by atoms with Crippen molar-refractivity contribution in [1.29, 1.82) is 0 Å². The summed E-state index contributed by atoms with van der Waals surface area (Å²) in [4.78, 5) is 0.527. The van der Waals surface area contributed by atoms with Gasteiger partial charge in [0.1, 0.15) is 0 Å². The summed E-state index contributed by atoms with van der Waals surface area (Å²) < 4.78 is 23.6. The molecule has 1 aliphatic heterocycles. The van der Waals surface area contributed by atoms with Crippen LogP contribution in [0.2, 0.25) is 0 Å². The van der Waals surface area contributed by atoms with Crippen molar-refractivity contribution in [2.45, 2.75) is 24.2 Å². The Labute approximate surface area is 102 Å². The third-order valence-electron chi connectivity index (χ3n) is 3.05. The quantitative estimate of drug-likeness (QED) is 0.604. The van der Waals surface area contributed by atoms with E-state index in [1.807, 2.05) is 12.1 Å². The minimum absolute atomic E-state index is 0.286. The van der Waals surface area contributed by atoms with Gasteiger partial charge in [-0.1, -0.05) is 12.1 Å². The first-order chi connectivity index (χ1) is 8.13. The highest BCUT2D eigenvalue weighted by Crippen LogP contribution is 2.25. The maximum atomic E-state index is 11.8. The molecule has 0 aliphatic carbocycles. The molecule has 1 heterocycles. The molecule has 0 fully saturated rings. The molecule has 0 aromatic heterocycles. The van der Waals surface area contributed by atoms with Gasteiger partial charge in [-0.25, -0.2) is 8.42 Å². The van der Waals surface area contributed by atoms with E-state index in [-0.39, 0.29) is 5.75 Å². The molecule has 0 unspecified atom stereocenters. The van der Waals surface area contributed by atoms with Crippen LogP contribution in [0.3, 0.4) is 0 Å². The van der Waals surface area contributed by atoms with Crippen LogP contribution in [0.1, 0.15) is 17.5 Å². The number of hydrogen-bond acceptors (Lipinski definition) is 4. The van der Waals surface area contributed by atoms with Crippen LogP contribution >= 0.6 is 0 Å². The molecule has 2 rings (SSSR count). The Hall–Kier alpha value is -0.910. The first-order valence-electron chi connectivity index (χ1n) is 5.89. The summed E-state index contributed by atoms with van der Waals surface area (Å²) in [7, 11) is -3.02. The van der Waals surface area contributed by atoms with E-state index in [0.29, 0.717) is 11.6 Å². The van der Waals surface area contributed by atoms with Crippen molar-refractivity contribution >= 4 is 9.84 Å². The molecule has 0 saturated heterocycles. The van der Waals surface area contributed by atoms with E-state index in [9.17, 15) is 8.42 Å². The lowest BCUT2D eigenvalue weighted by molar-refractivity contribution is 0.586. The zero-order valence-corrected chi connectivity index (χ0v) is 10.6. The van der Waals surface area contributed by atoms with Crippen LogP contribution < -0.4 is 11.1 Å². The van der Waals surface area contributed by atoms with Crippen molar-refractivity contribution in [1.82, 2.24) is 5.32 Å². The predicted molar refractivity (Wildman–Crippen MR) is 67.6 cm³/mol. The van der Waals surface area contributed by atoms with Gasteiger partial charge < -0.3 is 11.1 Å². The highest BCUT2D eigenvalue weighted by Gasteiger charge is 2.23. The predicted octanol–water partition coefficient (Wildman–Crippen LogP) is 0.455. The topological polar surface area (TPSA) is 72.2 Å². The minimum atomic E-state index is -3.02. The fourth-order valence-corrected chi connectivity index (χ4v) is 3.76. The molecular formula is C12H18N2O2S. The number of sulfone groups is 1. The molecule has 0 saturated carbocycles. The van der Waals surface area contributed by atoms with Crippen LogP contribution in [0.4, 0.5) is 0 Å². The fraction of sp³-hybridized carbons (Fsp3) is 0.500. The summed E-state index contributed by atoms with van der Waals surface area (Å²) in [5.41, 5.74) is 7.49. The second-order valence-electron chi connectivity index (χ2n) is 4.32. The van der Waals surface area contributed by atoms with Gasteiger partial charge in [-0.15, -0.1) is 0 Å². The van der Waals surface area contributed by atoms with Crippen LogP contribution in [-0.2, 0) is 22.7 Å². The highest BCUT2D eigenvalue weighted by atomic mass is 32.2. The van der Waals surface area contributed by atoms with Gasteiger partial charge >= 0.3 is 0 Å². The van der Waals surface area contributed by atoms with Crippen molar-refractivity contribution in [3.05, 3.63) is 29.3 Å². The van der Waals surface area contributed by atoms with Crippen molar-refractivity contribution in [2.24, 2.45) is 5.73 Å². The summed E-state index contributed by atoms with van der Waals surface area (Å²) in [6, 6.07) is 5.67. The van der Waals surface area contributed by atoms with Crippen LogP contribution in [0.5, 0.6) is 0 Å². The van der Waals surface area contributed by atoms with Crippen molar-refractivity contribution in [3.8, 4) is 0 Å². The van der Waals surface area contributed by atoms with Gasteiger partial charge in [0.25, 0.3) is 0 Å². The molecule has 4 nitrogen and oxygen atoms in total. The smallest absolute Gasteiger partial charge is 0.178 e. The third kappa shape index (κ3) is 2.86. The summed E-state index contributed by atoms with van der Waals surface area (Å²) in [6.07, 6.45) is 2.48. The summed E-state index contributed by atoms with van der Waals surface area (Å²) in [5.74, 6) is 0.286. The summed E-state index contributed by atoms with van der Waals surface area (Å²) >= 11 is 0. The van der Waals surface area contributed by atoms with E-state index in [4.69, 9.17) is 5.73 Å². The Morgan fingerprint density at radius 1 is 1.35 bits per heavy atom. The van der Waals surface area contributed by atoms with E-state index >= 15 is 0 Å². The van der Waals surface area contributed by atoms with Gasteiger partial charge in [0.05, 0.1) is 10.6 Å². The van der Waals surface area contributed by atoms with Crippen LogP contribution in [0, 0.1) is 0 Å². The van der Waals surface area contributed by atoms with E-state index in [0.717, 1.165) is 31.4 Å². The lowest BCUT2D eigenvalue weighted by Crippen LogP contribution is -2.24. The number of rotatable bonds is 4. The number of fused-ring (bicyclic) bond motifs is 1. The van der Waals surface area contributed by atoms with Gasteiger partial charge in [0.2, 0.25) is 0 Å². The molecule has 0 radical (unpaired) electrons. The Balaban J connectivity index is 2.20. The molecule has 0 spiro atoms. The third-order valence-corrected chi connectivity index (χ3v) is 4.95. The van der Waals surface area contributed by atoms with Gasteiger partial charge in [-0.3, -0.25) is 0 Å². The minimum Gasteiger partial charge on any atom is -0.318 e. The second kappa shape index (κ2) is 5.16. The molecule has 1 aliphatic rings. The Morgan fingerprint density at radius 3 is 2.94 bits per heavy atom. The van der Waals surface area contributed by atoms with E-state index in [2.05, 4.69) is 5.32 Å². The molecule has 1 aromatic carbocycles. The lowest BCUT2D eigenvalue weighted by Gasteiger charge is -2.17. The Morgan fingerprint density at radius 2 is 2.18 bits per heavy atom. The fourth-order valence-electron chi connectivity index (χ4n) is 2.18. The number of aryl methyl sites for hydroxylation is 1. The average Bonchev–Trinajstić information content (AvgIpc) is 2.29. The standard InChI is InChI=1S/C12H18N2O2S/c13-9-14-6-5-10-3-4-12-11(8-10)2-1-7-17(12,15)16/h3-4,8,14H,1-2,5-7,9,13H2. The normalized spacial score (nSPS) is 17.7. The highest BCUT2D eigenvalue weighted by molar-refractivity contribution is 7.91. The molecule has 5 heteroatoms. The molecule has 3 N–H and O–H groups in total. The molecule has 0 bridgehead atoms. The van der Waals surface area contributed by atoms with Crippen molar-refractivity contribution in [2.75, 3.05) is 19.0 Å². The van der Waals surface area contributed by atoms with Gasteiger partial charge in [0.15, 0.2) is 9.84 Å². The largest absolute Gasteiger partial charge is 0.318 e. The average molecular weight is 254 g/mol. The maximum absolute atomic E-state index is 11.8. The lowest BCUT2D eigenvalue weighted by atomic mass is 10.0. The molecule has 1 aromatic rings. The van der Waals surface area contributed by atoms with E-state index < -0.39 is 9.84 Å². The zero-order chi connectivity index (χ0) is 12.3. The van der Waals surface area contributed by atoms with Crippen LogP contribution in [-0.4, -0.2) is 27.4 Å². The van der Waals surface area contributed by atoms with Gasteiger partial charge in [0, 0.05) is 13.2 Å². The van der Waals surface area contributed by atoms with E-state index in [1.54, 1.807) is 6.07 Å². The van der Waals surface area contributed by atoms with Gasteiger partial charge in [-0.05, 0) is 36.5 Å². The van der Waals surface area contributed by atoms with Crippen LogP contribution in [0.15, 0.2) is 23.1 Å². The molecule has 0 atom stereocenters. The number of nitrogens with one attached hydrogen (secondary N) is 1. The Bertz CT molecular complexity index is 497. The first-order valence-corrected chi connectivity index (χ1v) is 7.54. The first kappa shape index (κ1) is 12.5. The molecule has 17 heavy (non-hydrogen) atoms. The van der Waals surface area contributed by atoms with Crippen molar-refractivity contribution < 1.29 is 8.42 Å². The number of nitrogens with two attached hydrogens (primary N) is 1. The molecule has 0 amide bonds.